The third-order valence-electron chi connectivity index (χ3n) is 6.37. The monoisotopic (exact) mass is 570 g/mol. The molecule has 0 bridgehead atoms. The maximum Gasteiger partial charge on any atom is 0.338 e. The van der Waals surface area contributed by atoms with Crippen LogP contribution in [0.3, 0.4) is 0 Å². The number of carbonyl (C=O) groups is 3. The lowest BCUT2D eigenvalue weighted by molar-refractivity contribution is -0.114. The maximum absolute atomic E-state index is 13.5. The van der Waals surface area contributed by atoms with Gasteiger partial charge in [-0.25, -0.2) is 4.79 Å². The zero-order chi connectivity index (χ0) is 29.4. The lowest BCUT2D eigenvalue weighted by Crippen LogP contribution is -2.31. The topological polar surface area (TPSA) is 133 Å². The van der Waals surface area contributed by atoms with Crippen LogP contribution in [0.4, 0.5) is 11.4 Å². The number of anilines is 2. The number of hydrogen-bond acceptors (Lipinski definition) is 8. The lowest BCUT2D eigenvalue weighted by atomic mass is 9.85. The zero-order valence-electron chi connectivity index (χ0n) is 22.9. The average molecular weight is 571 g/mol. The summed E-state index contributed by atoms with van der Waals surface area (Å²) in [5.41, 5.74) is 3.87. The molecule has 3 N–H and O–H groups in total. The van der Waals surface area contributed by atoms with E-state index in [4.69, 9.17) is 9.15 Å². The number of benzene rings is 2. The highest BCUT2D eigenvalue weighted by atomic mass is 32.2. The van der Waals surface area contributed by atoms with Gasteiger partial charge in [-0.3, -0.25) is 9.59 Å². The predicted molar refractivity (Wildman–Crippen MR) is 158 cm³/mol. The van der Waals surface area contributed by atoms with Crippen LogP contribution in [0.5, 0.6) is 0 Å². The Kier molecular flexibility index (Phi) is 9.66. The number of thioether (sulfide) groups is 1. The van der Waals surface area contributed by atoms with E-state index in [0.29, 0.717) is 39.0 Å². The van der Waals surface area contributed by atoms with Gasteiger partial charge in [0.15, 0.2) is 0 Å². The van der Waals surface area contributed by atoms with Gasteiger partial charge < -0.3 is 25.1 Å². The third-order valence-corrected chi connectivity index (χ3v) is 7.38. The number of aryl methyl sites for hydroxylation is 1. The van der Waals surface area contributed by atoms with Crippen molar-refractivity contribution in [1.82, 2.24) is 5.32 Å². The first-order valence-corrected chi connectivity index (χ1v) is 14.1. The largest absolute Gasteiger partial charge is 0.468 e. The van der Waals surface area contributed by atoms with Crippen LogP contribution in [0, 0.1) is 11.3 Å². The summed E-state index contributed by atoms with van der Waals surface area (Å²) >= 11 is 1.15. The molecular formula is C31H30N4O5S. The average Bonchev–Trinajstić information content (AvgIpc) is 3.51. The van der Waals surface area contributed by atoms with Crippen molar-refractivity contribution >= 4 is 40.9 Å². The first kappa shape index (κ1) is 29.2. The molecule has 41 heavy (non-hydrogen) atoms. The second-order valence-corrected chi connectivity index (χ2v) is 10.1. The molecule has 0 fully saturated rings. The van der Waals surface area contributed by atoms with Crippen LogP contribution in [0.15, 0.2) is 93.2 Å². The first-order chi connectivity index (χ1) is 19.8. The fraction of sp³-hybridized carbons (Fsp3) is 0.226. The number of furan rings is 1. The molecule has 1 aliphatic rings. The zero-order valence-corrected chi connectivity index (χ0v) is 23.8. The Labute approximate surface area is 242 Å². The molecule has 0 saturated heterocycles. The Morgan fingerprint density at radius 3 is 2.32 bits per heavy atom. The predicted octanol–water partition coefficient (Wildman–Crippen LogP) is 5.73. The van der Waals surface area contributed by atoms with Gasteiger partial charge in [0.1, 0.15) is 5.76 Å². The van der Waals surface area contributed by atoms with Crippen molar-refractivity contribution in [1.29, 1.82) is 5.26 Å². The quantitative estimate of drug-likeness (QED) is 0.263. The van der Waals surface area contributed by atoms with E-state index in [1.165, 1.54) is 6.26 Å². The Bertz CT molecular complexity index is 1520. The number of allylic oxidation sites excluding steroid dienone is 2. The third kappa shape index (κ3) is 7.07. The van der Waals surface area contributed by atoms with Gasteiger partial charge in [0.05, 0.1) is 52.3 Å². The Morgan fingerprint density at radius 1 is 1.02 bits per heavy atom. The summed E-state index contributed by atoms with van der Waals surface area (Å²) in [6.07, 6.45) is 2.38. The number of nitrogens with zero attached hydrogens (tertiary/aromatic N) is 1. The molecule has 1 aromatic heterocycles. The summed E-state index contributed by atoms with van der Waals surface area (Å²) in [5, 5.41) is 19.5. The summed E-state index contributed by atoms with van der Waals surface area (Å²) in [7, 11) is 0. The summed E-state index contributed by atoms with van der Waals surface area (Å²) < 4.78 is 10.6. The highest BCUT2D eigenvalue weighted by molar-refractivity contribution is 8.03. The summed E-state index contributed by atoms with van der Waals surface area (Å²) in [4.78, 5) is 38.1. The molecule has 0 aliphatic carbocycles. The lowest BCUT2D eigenvalue weighted by Gasteiger charge is -2.28. The second kappa shape index (κ2) is 13.5. The summed E-state index contributed by atoms with van der Waals surface area (Å²) in [6, 6.07) is 19.6. The molecule has 9 nitrogen and oxygen atoms in total. The molecule has 0 radical (unpaired) electrons. The van der Waals surface area contributed by atoms with Gasteiger partial charge in [0.25, 0.3) is 5.91 Å². The van der Waals surface area contributed by atoms with Gasteiger partial charge in [-0.2, -0.15) is 5.26 Å². The number of rotatable bonds is 10. The SMILES string of the molecule is CCOC(=O)c1ccc(NC(=O)CSC2=C(C#N)C(c3ccco3)C(C(=O)Nc3ccc(CC)cc3)=C(C)N2)cc1. The van der Waals surface area contributed by atoms with Gasteiger partial charge in [-0.05, 0) is 74.4 Å². The number of ether oxygens (including phenoxy) is 1. The Morgan fingerprint density at radius 2 is 1.71 bits per heavy atom. The van der Waals surface area contributed by atoms with E-state index in [2.05, 4.69) is 28.9 Å². The smallest absolute Gasteiger partial charge is 0.338 e. The fourth-order valence-corrected chi connectivity index (χ4v) is 5.22. The van der Waals surface area contributed by atoms with Crippen LogP contribution in [-0.2, 0) is 20.7 Å². The minimum absolute atomic E-state index is 0.00337. The molecule has 3 aromatic rings. The van der Waals surface area contributed by atoms with Crippen molar-refractivity contribution in [2.75, 3.05) is 23.0 Å². The number of carbonyl (C=O) groups excluding carboxylic acids is 3. The minimum Gasteiger partial charge on any atom is -0.468 e. The van der Waals surface area contributed by atoms with Gasteiger partial charge in [0.2, 0.25) is 5.91 Å². The molecule has 1 unspecified atom stereocenters. The molecule has 4 rings (SSSR count). The molecule has 1 aliphatic heterocycles. The van der Waals surface area contributed by atoms with Crippen LogP contribution in [0.2, 0.25) is 0 Å². The summed E-state index contributed by atoms with van der Waals surface area (Å²) in [6.45, 7) is 5.82. The molecule has 2 aromatic carbocycles. The van der Waals surface area contributed by atoms with Gasteiger partial charge in [0, 0.05) is 17.1 Å². The molecule has 0 spiro atoms. The van der Waals surface area contributed by atoms with Gasteiger partial charge in [-0.1, -0.05) is 30.8 Å². The van der Waals surface area contributed by atoms with E-state index in [0.717, 1.165) is 23.7 Å². The van der Waals surface area contributed by atoms with E-state index < -0.39 is 11.9 Å². The van der Waals surface area contributed by atoms with Crippen molar-refractivity contribution in [3.05, 3.63) is 106 Å². The van der Waals surface area contributed by atoms with Crippen molar-refractivity contribution in [2.24, 2.45) is 0 Å². The van der Waals surface area contributed by atoms with Crippen molar-refractivity contribution < 1.29 is 23.5 Å². The molecule has 1 atom stereocenters. The molecule has 2 heterocycles. The second-order valence-electron chi connectivity index (χ2n) is 9.11. The van der Waals surface area contributed by atoms with Crippen molar-refractivity contribution in [3.63, 3.8) is 0 Å². The van der Waals surface area contributed by atoms with Crippen LogP contribution in [0.1, 0.15) is 48.4 Å². The van der Waals surface area contributed by atoms with Crippen LogP contribution in [0.25, 0.3) is 0 Å². The normalized spacial score (nSPS) is 14.6. The molecule has 210 valence electrons. The highest BCUT2D eigenvalue weighted by Crippen LogP contribution is 2.41. The number of nitriles is 1. The standard InChI is InChI=1S/C31H30N4O5S/c1-4-20-8-12-23(13-9-20)35-29(37)27-19(3)33-30(24(17-32)28(27)25-7-6-16-40-25)41-18-26(36)34-22-14-10-21(11-15-22)31(38)39-5-2/h6-16,28,33H,4-5,18H2,1-3H3,(H,34,36)(H,35,37). The van der Waals surface area contributed by atoms with Crippen molar-refractivity contribution in [3.8, 4) is 6.07 Å². The van der Waals surface area contributed by atoms with E-state index in [1.54, 1.807) is 50.2 Å². The molecule has 2 amide bonds. The van der Waals surface area contributed by atoms with E-state index in [1.807, 2.05) is 24.3 Å². The Balaban J connectivity index is 1.50. The number of nitrogens with one attached hydrogen (secondary N) is 3. The van der Waals surface area contributed by atoms with Crippen LogP contribution in [-0.4, -0.2) is 30.1 Å². The fourth-order valence-electron chi connectivity index (χ4n) is 4.33. The molecule has 10 heteroatoms. The minimum atomic E-state index is -0.757. The van der Waals surface area contributed by atoms with E-state index >= 15 is 0 Å². The number of hydrogen-bond donors (Lipinski definition) is 3. The van der Waals surface area contributed by atoms with E-state index in [9.17, 15) is 19.6 Å². The van der Waals surface area contributed by atoms with E-state index in [-0.39, 0.29) is 29.7 Å². The van der Waals surface area contributed by atoms with Gasteiger partial charge in [-0.15, -0.1) is 0 Å². The van der Waals surface area contributed by atoms with Crippen molar-refractivity contribution in [2.45, 2.75) is 33.1 Å². The first-order valence-electron chi connectivity index (χ1n) is 13.1. The maximum atomic E-state index is 13.5. The summed E-state index contributed by atoms with van der Waals surface area (Å²) in [5.74, 6) is -1.42. The number of amides is 2. The van der Waals surface area contributed by atoms with Crippen LogP contribution >= 0.6 is 11.8 Å². The highest BCUT2D eigenvalue weighted by Gasteiger charge is 2.36. The van der Waals surface area contributed by atoms with Crippen LogP contribution < -0.4 is 16.0 Å². The number of dihydropyridines is 1. The molecule has 0 saturated carbocycles. The van der Waals surface area contributed by atoms with Gasteiger partial charge >= 0.3 is 5.97 Å². The molecular weight excluding hydrogens is 540 g/mol. The Hall–Kier alpha value is -4.75. The number of esters is 1.